The molecule has 0 bridgehead atoms. The fourth-order valence-corrected chi connectivity index (χ4v) is 2.46. The van der Waals surface area contributed by atoms with Gasteiger partial charge < -0.3 is 9.26 Å². The van der Waals surface area contributed by atoms with E-state index in [4.69, 9.17) is 14.5 Å². The zero-order chi connectivity index (χ0) is 13.3. The molecule has 1 saturated carbocycles. The Hall–Kier alpha value is -1.41. The maximum Gasteiger partial charge on any atom is 0.231 e. The summed E-state index contributed by atoms with van der Waals surface area (Å²) >= 11 is 0. The summed E-state index contributed by atoms with van der Waals surface area (Å²) in [5, 5.41) is 13.0. The van der Waals surface area contributed by atoms with Crippen molar-refractivity contribution in [2.75, 3.05) is 7.11 Å². The zero-order valence-corrected chi connectivity index (χ0v) is 11.3. The second-order valence-electron chi connectivity index (χ2n) is 5.41. The molecular formula is C13H19N3O2. The fraction of sp³-hybridized carbons (Fsp3) is 0.769. The highest BCUT2D eigenvalue weighted by atomic mass is 16.5. The van der Waals surface area contributed by atoms with Crippen LogP contribution >= 0.6 is 0 Å². The van der Waals surface area contributed by atoms with E-state index in [1.807, 2.05) is 0 Å². The van der Waals surface area contributed by atoms with Gasteiger partial charge >= 0.3 is 0 Å². The Morgan fingerprint density at radius 3 is 2.78 bits per heavy atom. The number of ether oxygens (including phenoxy) is 1. The molecular weight excluding hydrogens is 230 g/mol. The van der Waals surface area contributed by atoms with Gasteiger partial charge in [0.2, 0.25) is 11.7 Å². The topological polar surface area (TPSA) is 71.9 Å². The van der Waals surface area contributed by atoms with Crippen LogP contribution in [0.1, 0.15) is 57.3 Å². The average molecular weight is 249 g/mol. The van der Waals surface area contributed by atoms with Crippen molar-refractivity contribution < 1.29 is 9.26 Å². The summed E-state index contributed by atoms with van der Waals surface area (Å²) in [5.41, 5.74) is -0.0636. The van der Waals surface area contributed by atoms with Crippen LogP contribution in [0.2, 0.25) is 0 Å². The van der Waals surface area contributed by atoms with Gasteiger partial charge in [-0.15, -0.1) is 0 Å². The van der Waals surface area contributed by atoms with Crippen molar-refractivity contribution in [2.45, 2.75) is 45.6 Å². The predicted molar refractivity (Wildman–Crippen MR) is 64.6 cm³/mol. The van der Waals surface area contributed by atoms with E-state index < -0.39 is 0 Å². The van der Waals surface area contributed by atoms with Crippen LogP contribution in [0.4, 0.5) is 0 Å². The molecule has 1 heterocycles. The molecule has 1 aromatic rings. The van der Waals surface area contributed by atoms with Crippen LogP contribution in [-0.2, 0) is 4.74 Å². The van der Waals surface area contributed by atoms with Crippen LogP contribution in [-0.4, -0.2) is 17.3 Å². The summed E-state index contributed by atoms with van der Waals surface area (Å²) in [6, 6.07) is 2.30. The number of methoxy groups -OCH3 is 1. The second-order valence-corrected chi connectivity index (χ2v) is 5.41. The molecule has 0 aromatic carbocycles. The summed E-state index contributed by atoms with van der Waals surface area (Å²) in [5.74, 6) is 1.19. The molecule has 0 saturated heterocycles. The van der Waals surface area contributed by atoms with Crippen LogP contribution in [0.25, 0.3) is 0 Å². The number of nitriles is 1. The van der Waals surface area contributed by atoms with Crippen LogP contribution < -0.4 is 0 Å². The van der Waals surface area contributed by atoms with Crippen LogP contribution in [0.3, 0.4) is 0 Å². The Balaban J connectivity index is 2.15. The molecule has 1 aromatic heterocycles. The number of hydrogen-bond acceptors (Lipinski definition) is 5. The molecule has 1 aliphatic rings. The molecule has 2 rings (SSSR count). The first-order valence-corrected chi connectivity index (χ1v) is 6.32. The lowest BCUT2D eigenvalue weighted by Gasteiger charge is -2.08. The van der Waals surface area contributed by atoms with Gasteiger partial charge in [-0.1, -0.05) is 32.3 Å². The Labute approximate surface area is 107 Å². The van der Waals surface area contributed by atoms with Crippen LogP contribution in [0, 0.1) is 22.7 Å². The fourth-order valence-electron chi connectivity index (χ4n) is 2.46. The van der Waals surface area contributed by atoms with Gasteiger partial charge in [0.05, 0.1) is 17.9 Å². The first kappa shape index (κ1) is 13.0. The summed E-state index contributed by atoms with van der Waals surface area (Å²) in [7, 11) is 1.65. The third-order valence-corrected chi connectivity index (χ3v) is 3.81. The van der Waals surface area contributed by atoms with Crippen molar-refractivity contribution in [3.63, 3.8) is 0 Å². The Kier molecular flexibility index (Phi) is 3.40. The van der Waals surface area contributed by atoms with Gasteiger partial charge in [0.1, 0.15) is 6.10 Å². The minimum Gasteiger partial charge on any atom is -0.373 e. The van der Waals surface area contributed by atoms with E-state index in [1.54, 1.807) is 7.11 Å². The van der Waals surface area contributed by atoms with Gasteiger partial charge in [-0.2, -0.15) is 10.2 Å². The number of rotatable bonds is 5. The largest absolute Gasteiger partial charge is 0.373 e. The molecule has 18 heavy (non-hydrogen) atoms. The molecule has 3 unspecified atom stereocenters. The van der Waals surface area contributed by atoms with Crippen molar-refractivity contribution in [3.05, 3.63) is 11.7 Å². The predicted octanol–water partition coefficient (Wildman–Crippen LogP) is 2.82. The quantitative estimate of drug-likeness (QED) is 0.802. The molecule has 0 spiro atoms. The van der Waals surface area contributed by atoms with Crippen molar-refractivity contribution in [2.24, 2.45) is 11.3 Å². The van der Waals surface area contributed by atoms with Crippen LogP contribution in [0.5, 0.6) is 0 Å². The maximum absolute atomic E-state index is 9.06. The molecule has 1 fully saturated rings. The highest BCUT2D eigenvalue weighted by molar-refractivity contribution is 5.26. The van der Waals surface area contributed by atoms with Gasteiger partial charge in [0, 0.05) is 7.11 Å². The van der Waals surface area contributed by atoms with Gasteiger partial charge in [-0.05, 0) is 11.8 Å². The van der Waals surface area contributed by atoms with Gasteiger partial charge in [0.15, 0.2) is 0 Å². The summed E-state index contributed by atoms with van der Waals surface area (Å²) in [6.07, 6.45) is 1.75. The van der Waals surface area contributed by atoms with E-state index >= 15 is 0 Å². The van der Waals surface area contributed by atoms with E-state index in [0.717, 1.165) is 12.8 Å². The van der Waals surface area contributed by atoms with Crippen molar-refractivity contribution in [3.8, 4) is 6.07 Å². The standard InChI is InChI=1S/C13H19N3O2/c1-5-6-9(17-4)11-15-12(18-16-11)10-8(7-14)13(10,2)3/h8-10H,5-6H2,1-4H3. The molecule has 0 amide bonds. The molecule has 0 aliphatic heterocycles. The average Bonchev–Trinajstić information content (AvgIpc) is 2.72. The molecule has 1 aliphatic carbocycles. The minimum absolute atomic E-state index is 0.0297. The number of nitrogens with zero attached hydrogens (tertiary/aromatic N) is 3. The molecule has 0 radical (unpaired) electrons. The van der Waals surface area contributed by atoms with Gasteiger partial charge in [-0.25, -0.2) is 0 Å². The molecule has 0 N–H and O–H groups in total. The minimum atomic E-state index is -0.116. The highest BCUT2D eigenvalue weighted by Gasteiger charge is 2.62. The molecule has 3 atom stereocenters. The molecule has 5 nitrogen and oxygen atoms in total. The second kappa shape index (κ2) is 4.69. The first-order chi connectivity index (χ1) is 8.56. The summed E-state index contributed by atoms with van der Waals surface area (Å²) in [4.78, 5) is 4.40. The van der Waals surface area contributed by atoms with Crippen molar-refractivity contribution >= 4 is 0 Å². The third kappa shape index (κ3) is 2.01. The van der Waals surface area contributed by atoms with Crippen molar-refractivity contribution in [1.82, 2.24) is 10.1 Å². The monoisotopic (exact) mass is 249 g/mol. The Morgan fingerprint density at radius 2 is 2.28 bits per heavy atom. The van der Waals surface area contributed by atoms with E-state index in [9.17, 15) is 0 Å². The Bertz CT molecular complexity index is 461. The molecule has 98 valence electrons. The summed E-state index contributed by atoms with van der Waals surface area (Å²) in [6.45, 7) is 6.19. The molecule has 5 heteroatoms. The maximum atomic E-state index is 9.06. The third-order valence-electron chi connectivity index (χ3n) is 3.81. The SMILES string of the molecule is CCCC(OC)c1noc(C2C(C#N)C2(C)C)n1. The van der Waals surface area contributed by atoms with E-state index in [0.29, 0.717) is 11.7 Å². The van der Waals surface area contributed by atoms with E-state index in [-0.39, 0.29) is 23.4 Å². The van der Waals surface area contributed by atoms with E-state index in [2.05, 4.69) is 37.0 Å². The Morgan fingerprint density at radius 1 is 1.56 bits per heavy atom. The van der Waals surface area contributed by atoms with E-state index in [1.165, 1.54) is 0 Å². The lowest BCUT2D eigenvalue weighted by Crippen LogP contribution is -2.03. The van der Waals surface area contributed by atoms with Gasteiger partial charge in [-0.3, -0.25) is 0 Å². The number of aromatic nitrogens is 2. The van der Waals surface area contributed by atoms with Gasteiger partial charge in [0.25, 0.3) is 0 Å². The van der Waals surface area contributed by atoms with Crippen LogP contribution in [0.15, 0.2) is 4.52 Å². The smallest absolute Gasteiger partial charge is 0.231 e. The lowest BCUT2D eigenvalue weighted by atomic mass is 10.1. The number of hydrogen-bond donors (Lipinski definition) is 0. The first-order valence-electron chi connectivity index (χ1n) is 6.32. The normalized spacial score (nSPS) is 26.6. The highest BCUT2D eigenvalue weighted by Crippen LogP contribution is 2.63. The van der Waals surface area contributed by atoms with Crippen molar-refractivity contribution in [1.29, 1.82) is 5.26 Å². The summed E-state index contributed by atoms with van der Waals surface area (Å²) < 4.78 is 10.6. The lowest BCUT2D eigenvalue weighted by molar-refractivity contribution is 0.0854. The zero-order valence-electron chi connectivity index (χ0n) is 11.3.